The molecule has 2 aromatic heterocycles. The molecule has 1 aromatic carbocycles. The second kappa shape index (κ2) is 6.97. The second-order valence-corrected chi connectivity index (χ2v) is 6.45. The Hall–Kier alpha value is -2.47. The predicted octanol–water partition coefficient (Wildman–Crippen LogP) is 3.72. The van der Waals surface area contributed by atoms with Gasteiger partial charge in [-0.05, 0) is 42.5 Å². The average molecular weight is 344 g/mol. The number of ether oxygens (including phenoxy) is 1. The number of halogens is 1. The molecule has 0 atom stereocenters. The summed E-state index contributed by atoms with van der Waals surface area (Å²) in [7, 11) is 1.49. The number of hydrogen-bond acceptors (Lipinski definition) is 4. The number of aromatic nitrogens is 1. The highest BCUT2D eigenvalue weighted by atomic mass is 32.1. The summed E-state index contributed by atoms with van der Waals surface area (Å²) in [5.74, 6) is -0.185. The van der Waals surface area contributed by atoms with Crippen molar-refractivity contribution in [1.29, 1.82) is 0 Å². The van der Waals surface area contributed by atoms with Crippen molar-refractivity contribution in [3.8, 4) is 5.75 Å². The van der Waals surface area contributed by atoms with Crippen LogP contribution in [0.5, 0.6) is 5.75 Å². The van der Waals surface area contributed by atoms with E-state index < -0.39 is 0 Å². The smallest absolute Gasteiger partial charge is 0.270 e. The topological polar surface area (TPSA) is 51.2 Å². The molecule has 3 rings (SSSR count). The van der Waals surface area contributed by atoms with Gasteiger partial charge < -0.3 is 10.1 Å². The van der Waals surface area contributed by atoms with Gasteiger partial charge in [-0.3, -0.25) is 4.79 Å². The predicted molar refractivity (Wildman–Crippen MR) is 93.3 cm³/mol. The lowest BCUT2D eigenvalue weighted by Gasteiger charge is -2.11. The maximum atomic E-state index is 13.6. The third-order valence-corrected chi connectivity index (χ3v) is 4.66. The van der Waals surface area contributed by atoms with E-state index in [-0.39, 0.29) is 17.4 Å². The summed E-state index contributed by atoms with van der Waals surface area (Å²) in [6.45, 7) is 2.29. The van der Waals surface area contributed by atoms with Gasteiger partial charge in [0, 0.05) is 22.9 Å². The second-order valence-electron chi connectivity index (χ2n) is 5.41. The normalized spacial score (nSPS) is 10.8. The van der Waals surface area contributed by atoms with Crippen LogP contribution >= 0.6 is 11.3 Å². The van der Waals surface area contributed by atoms with Gasteiger partial charge in [0.05, 0.1) is 12.6 Å². The van der Waals surface area contributed by atoms with E-state index in [0.29, 0.717) is 28.8 Å². The Kier molecular flexibility index (Phi) is 4.76. The monoisotopic (exact) mass is 344 g/mol. The summed E-state index contributed by atoms with van der Waals surface area (Å²) in [5.41, 5.74) is 1.50. The molecule has 2 heterocycles. The molecule has 0 aliphatic heterocycles. The van der Waals surface area contributed by atoms with Crippen LogP contribution in [0.1, 0.15) is 20.9 Å². The average Bonchev–Trinajstić information content (AvgIpc) is 3.07. The van der Waals surface area contributed by atoms with Crippen LogP contribution in [0.25, 0.3) is 10.9 Å². The first-order chi connectivity index (χ1) is 11.6. The van der Waals surface area contributed by atoms with Crippen LogP contribution in [0.15, 0.2) is 35.7 Å². The molecule has 124 valence electrons. The molecule has 4 nitrogen and oxygen atoms in total. The molecule has 6 heteroatoms. The number of aryl methyl sites for hydroxylation is 1. The van der Waals surface area contributed by atoms with E-state index in [1.165, 1.54) is 24.1 Å². The molecule has 0 saturated heterocycles. The first-order valence-electron chi connectivity index (χ1n) is 7.54. The molecule has 0 bridgehead atoms. The molecular formula is C18H17FN2O2S. The standard InChI is InChI=1S/C18H17FN2O2S/c1-11-8-12(19)9-14-16(23-2)10-15(21-17(11)14)18(22)20-6-5-13-4-3-7-24-13/h3-4,7-10H,5-6H2,1-2H3,(H,20,22). The third kappa shape index (κ3) is 3.38. The van der Waals surface area contributed by atoms with Crippen LogP contribution in [0, 0.1) is 12.7 Å². The van der Waals surface area contributed by atoms with Crippen LogP contribution in [0.4, 0.5) is 4.39 Å². The van der Waals surface area contributed by atoms with Gasteiger partial charge in [-0.15, -0.1) is 11.3 Å². The Labute approximate surface area is 143 Å². The summed E-state index contributed by atoms with van der Waals surface area (Å²) in [5, 5.41) is 5.43. The first kappa shape index (κ1) is 16.4. The number of benzene rings is 1. The minimum absolute atomic E-state index is 0.264. The molecule has 1 amide bonds. The van der Waals surface area contributed by atoms with E-state index in [2.05, 4.69) is 10.3 Å². The molecular weight excluding hydrogens is 327 g/mol. The minimum Gasteiger partial charge on any atom is -0.496 e. The molecule has 0 radical (unpaired) electrons. The van der Waals surface area contributed by atoms with E-state index in [1.54, 1.807) is 24.3 Å². The van der Waals surface area contributed by atoms with Crippen molar-refractivity contribution in [3.63, 3.8) is 0 Å². The lowest BCUT2D eigenvalue weighted by molar-refractivity contribution is 0.0949. The van der Waals surface area contributed by atoms with E-state index in [9.17, 15) is 9.18 Å². The number of nitrogens with zero attached hydrogens (tertiary/aromatic N) is 1. The van der Waals surface area contributed by atoms with Crippen molar-refractivity contribution < 1.29 is 13.9 Å². The van der Waals surface area contributed by atoms with E-state index in [0.717, 1.165) is 6.42 Å². The number of carbonyl (C=O) groups excluding carboxylic acids is 1. The fraction of sp³-hybridized carbons (Fsp3) is 0.222. The van der Waals surface area contributed by atoms with Crippen molar-refractivity contribution >= 4 is 28.1 Å². The summed E-state index contributed by atoms with van der Waals surface area (Å²) >= 11 is 1.66. The highest BCUT2D eigenvalue weighted by Gasteiger charge is 2.14. The van der Waals surface area contributed by atoms with Gasteiger partial charge in [-0.25, -0.2) is 9.37 Å². The number of thiophene rings is 1. The zero-order valence-corrected chi connectivity index (χ0v) is 14.2. The molecule has 0 aliphatic carbocycles. The summed E-state index contributed by atoms with van der Waals surface area (Å²) in [6.07, 6.45) is 0.776. The van der Waals surface area contributed by atoms with Gasteiger partial charge in [0.15, 0.2) is 0 Å². The zero-order valence-electron chi connectivity index (χ0n) is 13.4. The van der Waals surface area contributed by atoms with Crippen molar-refractivity contribution in [2.75, 3.05) is 13.7 Å². The Morgan fingerprint density at radius 1 is 1.38 bits per heavy atom. The van der Waals surface area contributed by atoms with E-state index in [1.807, 2.05) is 17.5 Å². The highest BCUT2D eigenvalue weighted by molar-refractivity contribution is 7.09. The maximum absolute atomic E-state index is 13.6. The van der Waals surface area contributed by atoms with Crippen LogP contribution < -0.4 is 10.1 Å². The zero-order chi connectivity index (χ0) is 17.1. The summed E-state index contributed by atoms with van der Waals surface area (Å²) in [4.78, 5) is 18.0. The maximum Gasteiger partial charge on any atom is 0.270 e. The fourth-order valence-electron chi connectivity index (χ4n) is 2.56. The molecule has 0 spiro atoms. The first-order valence-corrected chi connectivity index (χ1v) is 8.42. The number of rotatable bonds is 5. The van der Waals surface area contributed by atoms with E-state index >= 15 is 0 Å². The molecule has 0 saturated carbocycles. The van der Waals surface area contributed by atoms with Crippen molar-refractivity contribution in [3.05, 3.63) is 57.7 Å². The lowest BCUT2D eigenvalue weighted by atomic mass is 10.1. The minimum atomic E-state index is -0.353. The van der Waals surface area contributed by atoms with Gasteiger partial charge in [-0.2, -0.15) is 0 Å². The molecule has 0 fully saturated rings. The summed E-state index contributed by atoms with van der Waals surface area (Å²) < 4.78 is 18.9. The largest absolute Gasteiger partial charge is 0.496 e. The molecule has 0 aliphatic rings. The van der Waals surface area contributed by atoms with Gasteiger partial charge in [0.2, 0.25) is 0 Å². The quantitative estimate of drug-likeness (QED) is 0.767. The Morgan fingerprint density at radius 3 is 2.92 bits per heavy atom. The number of methoxy groups -OCH3 is 1. The Morgan fingerprint density at radius 2 is 2.21 bits per heavy atom. The Balaban J connectivity index is 1.84. The number of hydrogen-bond donors (Lipinski definition) is 1. The van der Waals surface area contributed by atoms with Crippen molar-refractivity contribution in [2.24, 2.45) is 0 Å². The number of pyridine rings is 1. The highest BCUT2D eigenvalue weighted by Crippen LogP contribution is 2.28. The molecule has 24 heavy (non-hydrogen) atoms. The van der Waals surface area contributed by atoms with Gasteiger partial charge in [0.1, 0.15) is 17.3 Å². The summed E-state index contributed by atoms with van der Waals surface area (Å²) in [6, 6.07) is 8.33. The number of carbonyl (C=O) groups is 1. The fourth-order valence-corrected chi connectivity index (χ4v) is 3.27. The van der Waals surface area contributed by atoms with Crippen LogP contribution in [0.2, 0.25) is 0 Å². The van der Waals surface area contributed by atoms with Crippen LogP contribution in [-0.2, 0) is 6.42 Å². The van der Waals surface area contributed by atoms with Gasteiger partial charge >= 0.3 is 0 Å². The number of amides is 1. The van der Waals surface area contributed by atoms with Crippen molar-refractivity contribution in [1.82, 2.24) is 10.3 Å². The lowest BCUT2D eigenvalue weighted by Crippen LogP contribution is -2.26. The van der Waals surface area contributed by atoms with Crippen molar-refractivity contribution in [2.45, 2.75) is 13.3 Å². The number of fused-ring (bicyclic) bond motifs is 1. The van der Waals surface area contributed by atoms with Gasteiger partial charge in [0.25, 0.3) is 5.91 Å². The van der Waals surface area contributed by atoms with E-state index in [4.69, 9.17) is 4.74 Å². The number of nitrogens with one attached hydrogen (secondary N) is 1. The van der Waals surface area contributed by atoms with Gasteiger partial charge in [-0.1, -0.05) is 6.07 Å². The molecule has 0 unspecified atom stereocenters. The third-order valence-electron chi connectivity index (χ3n) is 3.72. The SMILES string of the molecule is COc1cc(C(=O)NCCc2cccs2)nc2c(C)cc(F)cc12. The molecule has 3 aromatic rings. The van der Waals surface area contributed by atoms with Crippen LogP contribution in [0.3, 0.4) is 0 Å². The molecule has 1 N–H and O–H groups in total. The van der Waals surface area contributed by atoms with Crippen LogP contribution in [-0.4, -0.2) is 24.5 Å². The Bertz CT molecular complexity index is 878.